The summed E-state index contributed by atoms with van der Waals surface area (Å²) in [5.41, 5.74) is -5.23. The molecular weight excluding hydrogens is 310 g/mol. The third-order valence-corrected chi connectivity index (χ3v) is 7.20. The molecule has 0 aromatic rings. The Hall–Kier alpha value is -0.460. The Kier molecular flexibility index (Phi) is 2.95. The maximum atomic E-state index is 12.9. The predicted octanol–water partition coefficient (Wildman–Crippen LogP) is 4.55. The second-order valence-corrected chi connectivity index (χ2v) is 8.01. The number of hydrogen-bond acceptors (Lipinski definition) is 1. The molecule has 0 aliphatic heterocycles. The summed E-state index contributed by atoms with van der Waals surface area (Å²) < 4.78 is 77.6. The monoisotopic (exact) mass is 330 g/mol. The summed E-state index contributed by atoms with van der Waals surface area (Å²) in [6, 6.07) is 0. The predicted molar refractivity (Wildman–Crippen MR) is 66.8 cm³/mol. The van der Waals surface area contributed by atoms with E-state index in [4.69, 9.17) is 0 Å². The lowest BCUT2D eigenvalue weighted by Gasteiger charge is -2.38. The van der Waals surface area contributed by atoms with E-state index in [9.17, 15) is 31.4 Å². The van der Waals surface area contributed by atoms with Crippen LogP contribution in [0.15, 0.2) is 0 Å². The van der Waals surface area contributed by atoms with Gasteiger partial charge >= 0.3 is 12.4 Å². The number of hydrogen-bond donors (Lipinski definition) is 1. The average molecular weight is 330 g/mol. The van der Waals surface area contributed by atoms with Gasteiger partial charge in [0.1, 0.15) is 0 Å². The molecule has 3 saturated carbocycles. The van der Waals surface area contributed by atoms with E-state index in [0.717, 1.165) is 0 Å². The second-order valence-electron chi connectivity index (χ2n) is 8.01. The molecule has 128 valence electrons. The lowest BCUT2D eigenvalue weighted by atomic mass is 9.71. The van der Waals surface area contributed by atoms with Gasteiger partial charge in [-0.1, -0.05) is 20.8 Å². The SMILES string of the molecule is CC1C2C(C)C23CC1(C)CC3CC(O)(C(F)(F)F)C(F)(F)F. The van der Waals surface area contributed by atoms with E-state index in [0.29, 0.717) is 18.8 Å². The number of fused-ring (bicyclic) bond motifs is 1. The topological polar surface area (TPSA) is 20.2 Å². The molecule has 3 rings (SSSR count). The number of halogens is 6. The van der Waals surface area contributed by atoms with Crippen molar-refractivity contribution in [2.75, 3.05) is 0 Å². The number of rotatable bonds is 2. The van der Waals surface area contributed by atoms with Crippen molar-refractivity contribution in [3.63, 3.8) is 0 Å². The number of alkyl halides is 6. The third kappa shape index (κ3) is 1.66. The van der Waals surface area contributed by atoms with Gasteiger partial charge in [-0.3, -0.25) is 0 Å². The summed E-state index contributed by atoms with van der Waals surface area (Å²) in [5.74, 6) is -0.0543. The molecule has 1 nitrogen and oxygen atoms in total. The van der Waals surface area contributed by atoms with Crippen LogP contribution >= 0.6 is 0 Å². The first-order valence-electron chi connectivity index (χ1n) is 7.56. The van der Waals surface area contributed by atoms with Crippen molar-refractivity contribution in [2.45, 2.75) is 58.0 Å². The van der Waals surface area contributed by atoms with Crippen LogP contribution in [0.2, 0.25) is 0 Å². The Morgan fingerprint density at radius 3 is 1.91 bits per heavy atom. The van der Waals surface area contributed by atoms with Gasteiger partial charge in [-0.2, -0.15) is 26.3 Å². The van der Waals surface area contributed by atoms with Crippen molar-refractivity contribution in [1.82, 2.24) is 0 Å². The smallest absolute Gasteiger partial charge is 0.374 e. The summed E-state index contributed by atoms with van der Waals surface area (Å²) in [7, 11) is 0. The Morgan fingerprint density at radius 2 is 1.50 bits per heavy atom. The average Bonchev–Trinajstić information content (AvgIpc) is 2.65. The van der Waals surface area contributed by atoms with Gasteiger partial charge in [-0.05, 0) is 53.8 Å². The maximum absolute atomic E-state index is 12.9. The van der Waals surface area contributed by atoms with Crippen LogP contribution in [0.25, 0.3) is 0 Å². The molecule has 3 aliphatic carbocycles. The minimum atomic E-state index is -5.70. The molecule has 0 saturated heterocycles. The summed E-state index contributed by atoms with van der Waals surface area (Å²) in [6.45, 7) is 5.92. The molecule has 3 aliphatic rings. The highest BCUT2D eigenvalue weighted by Gasteiger charge is 2.82. The molecule has 3 fully saturated rings. The van der Waals surface area contributed by atoms with E-state index in [1.165, 1.54) is 0 Å². The highest BCUT2D eigenvalue weighted by Crippen LogP contribution is 2.85. The summed E-state index contributed by atoms with van der Waals surface area (Å²) in [5, 5.41) is 9.49. The lowest BCUT2D eigenvalue weighted by Crippen LogP contribution is -2.58. The Morgan fingerprint density at radius 1 is 1.00 bits per heavy atom. The van der Waals surface area contributed by atoms with Gasteiger partial charge in [0.15, 0.2) is 0 Å². The first kappa shape index (κ1) is 16.4. The molecule has 22 heavy (non-hydrogen) atoms. The van der Waals surface area contributed by atoms with Crippen LogP contribution in [0.5, 0.6) is 0 Å². The minimum Gasteiger partial charge on any atom is -0.374 e. The highest BCUT2D eigenvalue weighted by atomic mass is 19.4. The maximum Gasteiger partial charge on any atom is 0.426 e. The fourth-order valence-corrected chi connectivity index (χ4v) is 5.97. The van der Waals surface area contributed by atoms with Crippen molar-refractivity contribution >= 4 is 0 Å². The fraction of sp³-hybridized carbons (Fsp3) is 1.00. The van der Waals surface area contributed by atoms with Gasteiger partial charge < -0.3 is 5.11 Å². The molecule has 0 aromatic carbocycles. The van der Waals surface area contributed by atoms with Crippen molar-refractivity contribution in [1.29, 1.82) is 0 Å². The first-order valence-corrected chi connectivity index (χ1v) is 7.56. The van der Waals surface area contributed by atoms with Crippen LogP contribution in [0, 0.1) is 34.5 Å². The lowest BCUT2D eigenvalue weighted by molar-refractivity contribution is -0.373. The van der Waals surface area contributed by atoms with Crippen molar-refractivity contribution in [3.05, 3.63) is 0 Å². The molecule has 0 amide bonds. The first-order chi connectivity index (χ1) is 9.71. The number of aliphatic hydroxyl groups is 1. The minimum absolute atomic E-state index is 0.147. The van der Waals surface area contributed by atoms with Crippen LogP contribution < -0.4 is 0 Å². The van der Waals surface area contributed by atoms with E-state index in [1.54, 1.807) is 0 Å². The Balaban J connectivity index is 1.91. The molecule has 0 radical (unpaired) electrons. The van der Waals surface area contributed by atoms with Gasteiger partial charge in [-0.15, -0.1) is 0 Å². The highest BCUT2D eigenvalue weighted by molar-refractivity contribution is 5.27. The molecule has 7 heteroatoms. The zero-order valence-electron chi connectivity index (χ0n) is 12.6. The van der Waals surface area contributed by atoms with E-state index in [-0.39, 0.29) is 17.3 Å². The van der Waals surface area contributed by atoms with Crippen molar-refractivity contribution in [2.24, 2.45) is 34.5 Å². The van der Waals surface area contributed by atoms with Crippen molar-refractivity contribution in [3.8, 4) is 0 Å². The van der Waals surface area contributed by atoms with E-state index < -0.39 is 35.7 Å². The van der Waals surface area contributed by atoms with E-state index in [1.807, 2.05) is 20.8 Å². The fourth-order valence-electron chi connectivity index (χ4n) is 5.97. The second kappa shape index (κ2) is 3.95. The largest absolute Gasteiger partial charge is 0.426 e. The van der Waals surface area contributed by atoms with Gasteiger partial charge in [0.05, 0.1) is 0 Å². The zero-order chi connectivity index (χ0) is 16.9. The van der Waals surface area contributed by atoms with Gasteiger partial charge in [0.2, 0.25) is 0 Å². The van der Waals surface area contributed by atoms with Gasteiger partial charge in [0, 0.05) is 0 Å². The third-order valence-electron chi connectivity index (χ3n) is 7.20. The quantitative estimate of drug-likeness (QED) is 0.737. The molecule has 6 unspecified atom stereocenters. The van der Waals surface area contributed by atoms with Crippen LogP contribution in [0.1, 0.15) is 40.0 Å². The van der Waals surface area contributed by atoms with Crippen molar-refractivity contribution < 1.29 is 31.4 Å². The van der Waals surface area contributed by atoms with E-state index >= 15 is 0 Å². The van der Waals surface area contributed by atoms with Crippen LogP contribution in [0.3, 0.4) is 0 Å². The normalized spacial score (nSPS) is 47.7. The van der Waals surface area contributed by atoms with E-state index in [2.05, 4.69) is 0 Å². The molecule has 1 N–H and O–H groups in total. The molecule has 2 bridgehead atoms. The molecular formula is C15H20F6O. The standard InChI is InChI=1S/C15H20F6O/c1-7-10-8(2)12(10)6-11(7,3)4-9(12)5-13(22,14(16,17)18)15(19,20)21/h7-10,22H,4-6H2,1-3H3. The zero-order valence-corrected chi connectivity index (χ0v) is 12.6. The summed E-state index contributed by atoms with van der Waals surface area (Å²) >= 11 is 0. The Bertz CT molecular complexity index is 483. The Labute approximate surface area is 125 Å². The van der Waals surface area contributed by atoms with Crippen LogP contribution in [-0.2, 0) is 0 Å². The van der Waals surface area contributed by atoms with Gasteiger partial charge in [0.25, 0.3) is 5.60 Å². The van der Waals surface area contributed by atoms with Gasteiger partial charge in [-0.25, -0.2) is 0 Å². The molecule has 1 spiro atoms. The summed E-state index contributed by atoms with van der Waals surface area (Å²) in [6.07, 6.45) is -11.6. The summed E-state index contributed by atoms with van der Waals surface area (Å²) in [4.78, 5) is 0. The molecule has 6 atom stereocenters. The van der Waals surface area contributed by atoms with Crippen LogP contribution in [-0.4, -0.2) is 23.1 Å². The molecule has 0 heterocycles. The van der Waals surface area contributed by atoms with Crippen LogP contribution in [0.4, 0.5) is 26.3 Å². The molecule has 0 aromatic heterocycles.